The van der Waals surface area contributed by atoms with E-state index in [1.54, 1.807) is 43.0 Å². The van der Waals surface area contributed by atoms with Crippen molar-refractivity contribution in [1.29, 1.82) is 0 Å². The van der Waals surface area contributed by atoms with Gasteiger partial charge in [0, 0.05) is 36.3 Å². The van der Waals surface area contributed by atoms with Crippen LogP contribution in [0.25, 0.3) is 0 Å². The molecule has 1 saturated heterocycles. The zero-order chi connectivity index (χ0) is 23.5. The number of nitrogens with zero attached hydrogens (tertiary/aromatic N) is 1. The number of carbonyl (C=O) groups excluding carboxylic acids is 2. The molecule has 1 saturated carbocycles. The minimum absolute atomic E-state index is 0.0111. The van der Waals surface area contributed by atoms with Crippen LogP contribution in [-0.2, 0) is 19.6 Å². The number of morpholine rings is 1. The first-order chi connectivity index (χ1) is 15.0. The Morgan fingerprint density at radius 1 is 1.00 bits per heavy atom. The Morgan fingerprint density at radius 2 is 1.56 bits per heavy atom. The number of amides is 2. The van der Waals surface area contributed by atoms with Crippen LogP contribution in [0.2, 0.25) is 0 Å². The normalized spacial score (nSPS) is 26.7. The van der Waals surface area contributed by atoms with Gasteiger partial charge in [-0.1, -0.05) is 0 Å². The van der Waals surface area contributed by atoms with Gasteiger partial charge in [0.2, 0.25) is 15.9 Å². The SMILES string of the molecule is CC(C)S(=O)(=O)N[C@H]1CC[C@H](C(=O)Nc2ccc(C(=O)N3C[C@@H](C)O[C@@H](C)C3)cc2)CC1. The van der Waals surface area contributed by atoms with Crippen LogP contribution in [0, 0.1) is 5.92 Å². The number of hydrogen-bond donors (Lipinski definition) is 2. The minimum atomic E-state index is -3.30. The third kappa shape index (κ3) is 6.30. The predicted molar refractivity (Wildman–Crippen MR) is 124 cm³/mol. The molecule has 0 radical (unpaired) electrons. The molecular weight excluding hydrogens is 430 g/mol. The molecule has 1 aliphatic heterocycles. The van der Waals surface area contributed by atoms with E-state index in [9.17, 15) is 18.0 Å². The van der Waals surface area contributed by atoms with Crippen molar-refractivity contribution in [3.8, 4) is 0 Å². The highest BCUT2D eigenvalue weighted by Crippen LogP contribution is 2.26. The zero-order valence-corrected chi connectivity index (χ0v) is 20.2. The fourth-order valence-corrected chi connectivity index (χ4v) is 5.28. The first-order valence-electron chi connectivity index (χ1n) is 11.4. The molecule has 1 heterocycles. The van der Waals surface area contributed by atoms with E-state index in [2.05, 4.69) is 10.0 Å². The quantitative estimate of drug-likeness (QED) is 0.672. The number of carbonyl (C=O) groups is 2. The van der Waals surface area contributed by atoms with Crippen molar-refractivity contribution in [2.24, 2.45) is 5.92 Å². The molecule has 0 aromatic heterocycles. The second kappa shape index (κ2) is 10.3. The summed E-state index contributed by atoms with van der Waals surface area (Å²) in [6.45, 7) is 8.36. The molecule has 1 aromatic rings. The van der Waals surface area contributed by atoms with Gasteiger partial charge >= 0.3 is 0 Å². The van der Waals surface area contributed by atoms with Crippen LogP contribution < -0.4 is 10.0 Å². The molecule has 178 valence electrons. The average molecular weight is 466 g/mol. The van der Waals surface area contributed by atoms with E-state index in [-0.39, 0.29) is 36.0 Å². The van der Waals surface area contributed by atoms with Crippen LogP contribution in [0.1, 0.15) is 63.7 Å². The average Bonchev–Trinajstić information content (AvgIpc) is 2.73. The van der Waals surface area contributed by atoms with Crippen LogP contribution in [0.5, 0.6) is 0 Å². The van der Waals surface area contributed by atoms with Gasteiger partial charge in [0.05, 0.1) is 17.5 Å². The molecule has 2 aliphatic rings. The predicted octanol–water partition coefficient (Wildman–Crippen LogP) is 2.76. The van der Waals surface area contributed by atoms with E-state index < -0.39 is 15.3 Å². The van der Waals surface area contributed by atoms with Gasteiger partial charge in [-0.05, 0) is 77.6 Å². The Morgan fingerprint density at radius 3 is 2.09 bits per heavy atom. The van der Waals surface area contributed by atoms with Gasteiger partial charge in [-0.2, -0.15) is 0 Å². The fraction of sp³-hybridized carbons (Fsp3) is 0.652. The number of hydrogen-bond acceptors (Lipinski definition) is 5. The number of ether oxygens (including phenoxy) is 1. The van der Waals surface area contributed by atoms with E-state index >= 15 is 0 Å². The highest BCUT2D eigenvalue weighted by atomic mass is 32.2. The lowest BCUT2D eigenvalue weighted by Gasteiger charge is -2.35. The van der Waals surface area contributed by atoms with Crippen LogP contribution >= 0.6 is 0 Å². The van der Waals surface area contributed by atoms with E-state index in [0.29, 0.717) is 50.0 Å². The van der Waals surface area contributed by atoms with Gasteiger partial charge in [0.1, 0.15) is 0 Å². The van der Waals surface area contributed by atoms with Gasteiger partial charge in [-0.25, -0.2) is 13.1 Å². The molecule has 32 heavy (non-hydrogen) atoms. The Hall–Kier alpha value is -1.97. The highest BCUT2D eigenvalue weighted by molar-refractivity contribution is 7.90. The second-order valence-electron chi connectivity index (χ2n) is 9.29. The molecule has 2 N–H and O–H groups in total. The van der Waals surface area contributed by atoms with E-state index in [4.69, 9.17) is 4.74 Å². The molecule has 1 aliphatic carbocycles. The summed E-state index contributed by atoms with van der Waals surface area (Å²) >= 11 is 0. The Kier molecular flexibility index (Phi) is 7.95. The third-order valence-corrected chi connectivity index (χ3v) is 8.06. The van der Waals surface area contributed by atoms with Gasteiger partial charge in [0.25, 0.3) is 5.91 Å². The lowest BCUT2D eigenvalue weighted by atomic mass is 9.86. The first-order valence-corrected chi connectivity index (χ1v) is 13.0. The summed E-state index contributed by atoms with van der Waals surface area (Å²) in [4.78, 5) is 27.2. The molecule has 8 nitrogen and oxygen atoms in total. The Bertz CT molecular complexity index is 898. The van der Waals surface area contributed by atoms with Crippen LogP contribution in [0.4, 0.5) is 5.69 Å². The minimum Gasteiger partial charge on any atom is -0.372 e. The lowest BCUT2D eigenvalue weighted by molar-refractivity contribution is -0.120. The van der Waals surface area contributed by atoms with Crippen molar-refractivity contribution in [1.82, 2.24) is 9.62 Å². The van der Waals surface area contributed by atoms with E-state index in [1.807, 2.05) is 13.8 Å². The molecule has 9 heteroatoms. The molecule has 1 aromatic carbocycles. The van der Waals surface area contributed by atoms with Gasteiger partial charge in [-0.3, -0.25) is 9.59 Å². The molecule has 2 amide bonds. The Balaban J connectivity index is 1.50. The lowest BCUT2D eigenvalue weighted by Crippen LogP contribution is -2.48. The molecule has 2 atom stereocenters. The summed E-state index contributed by atoms with van der Waals surface area (Å²) in [7, 11) is -3.30. The smallest absolute Gasteiger partial charge is 0.254 e. The monoisotopic (exact) mass is 465 g/mol. The molecule has 0 unspecified atom stereocenters. The summed E-state index contributed by atoms with van der Waals surface area (Å²) in [6.07, 6.45) is 2.60. The van der Waals surface area contributed by atoms with Gasteiger partial charge < -0.3 is 15.0 Å². The van der Waals surface area contributed by atoms with E-state index in [1.165, 1.54) is 0 Å². The zero-order valence-electron chi connectivity index (χ0n) is 19.3. The maximum absolute atomic E-state index is 12.8. The molecular formula is C23H35N3O5S. The molecule has 3 rings (SSSR count). The standard InChI is InChI=1S/C23H35N3O5S/c1-15(2)32(29,30)25-21-11-5-18(6-12-21)22(27)24-20-9-7-19(8-10-20)23(28)26-13-16(3)31-17(4)14-26/h7-10,15-18,21,25H,5-6,11-14H2,1-4H3,(H,24,27)/t16-,17+,18-,21-. The maximum Gasteiger partial charge on any atom is 0.254 e. The molecule has 2 fully saturated rings. The number of benzene rings is 1. The third-order valence-electron chi connectivity index (χ3n) is 6.16. The van der Waals surface area contributed by atoms with Crippen molar-refractivity contribution in [2.75, 3.05) is 18.4 Å². The van der Waals surface area contributed by atoms with Crippen molar-refractivity contribution in [3.63, 3.8) is 0 Å². The second-order valence-corrected chi connectivity index (χ2v) is 11.6. The fourth-order valence-electron chi connectivity index (χ4n) is 4.31. The van der Waals surface area contributed by atoms with Gasteiger partial charge in [0.15, 0.2) is 0 Å². The van der Waals surface area contributed by atoms with Crippen LogP contribution in [-0.4, -0.2) is 61.7 Å². The highest BCUT2D eigenvalue weighted by Gasteiger charge is 2.30. The van der Waals surface area contributed by atoms with Crippen LogP contribution in [0.15, 0.2) is 24.3 Å². The number of anilines is 1. The molecule has 0 spiro atoms. The van der Waals surface area contributed by atoms with Crippen molar-refractivity contribution < 1.29 is 22.7 Å². The largest absolute Gasteiger partial charge is 0.372 e. The number of sulfonamides is 1. The van der Waals surface area contributed by atoms with E-state index in [0.717, 1.165) is 0 Å². The van der Waals surface area contributed by atoms with Crippen LogP contribution in [0.3, 0.4) is 0 Å². The van der Waals surface area contributed by atoms with Gasteiger partial charge in [-0.15, -0.1) is 0 Å². The summed E-state index contributed by atoms with van der Waals surface area (Å²) in [6, 6.07) is 6.87. The summed E-state index contributed by atoms with van der Waals surface area (Å²) in [5.74, 6) is -0.246. The molecule has 0 bridgehead atoms. The topological polar surface area (TPSA) is 105 Å². The van der Waals surface area contributed by atoms with Crippen molar-refractivity contribution >= 4 is 27.5 Å². The van der Waals surface area contributed by atoms with Crippen molar-refractivity contribution in [3.05, 3.63) is 29.8 Å². The number of nitrogens with one attached hydrogen (secondary N) is 2. The first kappa shape index (κ1) is 24.7. The summed E-state index contributed by atoms with van der Waals surface area (Å²) in [5.41, 5.74) is 1.24. The Labute approximate surface area is 191 Å². The van der Waals surface area contributed by atoms with Crippen molar-refractivity contribution in [2.45, 2.75) is 76.9 Å². The number of rotatable bonds is 6. The summed E-state index contributed by atoms with van der Waals surface area (Å²) in [5, 5.41) is 2.47. The summed E-state index contributed by atoms with van der Waals surface area (Å²) < 4.78 is 32.5. The maximum atomic E-state index is 12.8.